The minimum absolute atomic E-state index is 0.102. The molecule has 0 bridgehead atoms. The number of halogens is 2. The van der Waals surface area contributed by atoms with Gasteiger partial charge < -0.3 is 10.2 Å². The van der Waals surface area contributed by atoms with Crippen molar-refractivity contribution in [3.05, 3.63) is 64.4 Å². The van der Waals surface area contributed by atoms with Crippen LogP contribution in [0, 0.1) is 12.7 Å². The molecule has 2 rings (SSSR count). The molecular weight excluding hydrogens is 343 g/mol. The maximum atomic E-state index is 13.7. The van der Waals surface area contributed by atoms with Crippen LogP contribution < -0.4 is 5.32 Å². The van der Waals surface area contributed by atoms with Crippen LogP contribution in [0.15, 0.2) is 42.5 Å². The Morgan fingerprint density at radius 1 is 1.20 bits per heavy atom. The lowest BCUT2D eigenvalue weighted by atomic mass is 10.1. The summed E-state index contributed by atoms with van der Waals surface area (Å²) >= 11 is 6.03. The molecule has 0 aliphatic rings. The van der Waals surface area contributed by atoms with Crippen LogP contribution in [-0.4, -0.2) is 29.8 Å². The summed E-state index contributed by atoms with van der Waals surface area (Å²) in [5.41, 5.74) is 1.99. The lowest BCUT2D eigenvalue weighted by Gasteiger charge is -2.20. The number of anilines is 1. The Balaban J connectivity index is 1.96. The summed E-state index contributed by atoms with van der Waals surface area (Å²) in [7, 11) is 0. The van der Waals surface area contributed by atoms with Crippen LogP contribution in [0.3, 0.4) is 0 Å². The molecule has 0 aromatic heterocycles. The molecule has 0 saturated carbocycles. The number of aryl methyl sites for hydroxylation is 1. The van der Waals surface area contributed by atoms with Gasteiger partial charge in [-0.1, -0.05) is 35.9 Å². The lowest BCUT2D eigenvalue weighted by molar-refractivity contribution is -0.132. The fourth-order valence-corrected chi connectivity index (χ4v) is 2.53. The number of hydrogen-bond donors (Lipinski definition) is 1. The van der Waals surface area contributed by atoms with E-state index >= 15 is 0 Å². The molecule has 0 fully saturated rings. The van der Waals surface area contributed by atoms with Crippen molar-refractivity contribution in [2.75, 3.05) is 18.4 Å². The van der Waals surface area contributed by atoms with Crippen LogP contribution in [0.2, 0.25) is 5.02 Å². The zero-order chi connectivity index (χ0) is 18.4. The number of benzene rings is 2. The molecule has 0 saturated heterocycles. The second-order valence-electron chi connectivity index (χ2n) is 5.79. The quantitative estimate of drug-likeness (QED) is 0.849. The first-order valence-electron chi connectivity index (χ1n) is 7.91. The molecule has 0 aliphatic carbocycles. The molecule has 25 heavy (non-hydrogen) atoms. The predicted octanol–water partition coefficient (Wildman–Crippen LogP) is 3.82. The first kappa shape index (κ1) is 18.9. The third kappa shape index (κ3) is 5.57. The highest BCUT2D eigenvalue weighted by molar-refractivity contribution is 6.31. The molecule has 2 amide bonds. The minimum atomic E-state index is -0.330. The summed E-state index contributed by atoms with van der Waals surface area (Å²) in [6.45, 7) is 3.42. The molecule has 1 N–H and O–H groups in total. The van der Waals surface area contributed by atoms with Crippen molar-refractivity contribution in [1.82, 2.24) is 4.90 Å². The van der Waals surface area contributed by atoms with Gasteiger partial charge in [0.25, 0.3) is 0 Å². The Kier molecular flexibility index (Phi) is 6.53. The summed E-state index contributed by atoms with van der Waals surface area (Å²) in [6, 6.07) is 11.6. The smallest absolute Gasteiger partial charge is 0.243 e. The van der Waals surface area contributed by atoms with E-state index in [1.165, 1.54) is 17.9 Å². The molecule has 0 spiro atoms. The monoisotopic (exact) mass is 362 g/mol. The van der Waals surface area contributed by atoms with E-state index in [4.69, 9.17) is 11.6 Å². The van der Waals surface area contributed by atoms with E-state index in [1.54, 1.807) is 36.4 Å². The van der Waals surface area contributed by atoms with Crippen LogP contribution in [0.1, 0.15) is 18.1 Å². The number of carbonyl (C=O) groups excluding carboxylic acids is 2. The number of carbonyl (C=O) groups is 2. The molecule has 2 aromatic carbocycles. The SMILES string of the molecule is CC(=O)N(CCc1ccccc1F)CC(=O)Nc1ccc(C)c(Cl)c1. The standard InChI is InChI=1S/C19H20ClFN2O2/c1-13-7-8-16(11-17(13)20)22-19(25)12-23(14(2)24)10-9-15-5-3-4-6-18(15)21/h3-8,11H,9-10,12H2,1-2H3,(H,22,25). The van der Waals surface area contributed by atoms with Crippen LogP contribution >= 0.6 is 11.6 Å². The van der Waals surface area contributed by atoms with Crippen molar-refractivity contribution in [3.8, 4) is 0 Å². The molecule has 0 atom stereocenters. The average Bonchev–Trinajstić information content (AvgIpc) is 2.56. The van der Waals surface area contributed by atoms with Gasteiger partial charge in [0.05, 0.1) is 6.54 Å². The van der Waals surface area contributed by atoms with E-state index in [2.05, 4.69) is 5.32 Å². The fourth-order valence-electron chi connectivity index (χ4n) is 2.35. The van der Waals surface area contributed by atoms with Gasteiger partial charge in [-0.05, 0) is 42.7 Å². The van der Waals surface area contributed by atoms with Gasteiger partial charge in [0.15, 0.2) is 0 Å². The second-order valence-corrected chi connectivity index (χ2v) is 6.20. The van der Waals surface area contributed by atoms with E-state index in [0.717, 1.165) is 5.56 Å². The van der Waals surface area contributed by atoms with E-state index in [-0.39, 0.29) is 30.7 Å². The van der Waals surface area contributed by atoms with Crippen molar-refractivity contribution in [2.45, 2.75) is 20.3 Å². The van der Waals surface area contributed by atoms with Crippen molar-refractivity contribution >= 4 is 29.1 Å². The Labute approximate surface area is 151 Å². The van der Waals surface area contributed by atoms with Gasteiger partial charge in [-0.3, -0.25) is 9.59 Å². The summed E-state index contributed by atoms with van der Waals surface area (Å²) in [4.78, 5) is 25.3. The molecule has 132 valence electrons. The zero-order valence-electron chi connectivity index (χ0n) is 14.2. The first-order valence-corrected chi connectivity index (χ1v) is 8.29. The van der Waals surface area contributed by atoms with Crippen LogP contribution in [-0.2, 0) is 16.0 Å². The Morgan fingerprint density at radius 3 is 2.56 bits per heavy atom. The van der Waals surface area contributed by atoms with Gasteiger partial charge in [-0.25, -0.2) is 4.39 Å². The molecule has 4 nitrogen and oxygen atoms in total. The third-order valence-electron chi connectivity index (χ3n) is 3.84. The van der Waals surface area contributed by atoms with Crippen molar-refractivity contribution in [2.24, 2.45) is 0 Å². The zero-order valence-corrected chi connectivity index (χ0v) is 14.9. The van der Waals surface area contributed by atoms with Gasteiger partial charge >= 0.3 is 0 Å². The van der Waals surface area contributed by atoms with E-state index in [0.29, 0.717) is 22.7 Å². The number of amides is 2. The van der Waals surface area contributed by atoms with Gasteiger partial charge in [0.1, 0.15) is 5.82 Å². The van der Waals surface area contributed by atoms with Crippen LogP contribution in [0.5, 0.6) is 0 Å². The second kappa shape index (κ2) is 8.62. The summed E-state index contributed by atoms with van der Waals surface area (Å²) in [5, 5.41) is 3.27. The molecule has 0 unspecified atom stereocenters. The van der Waals surface area contributed by atoms with Crippen LogP contribution in [0.25, 0.3) is 0 Å². The molecule has 6 heteroatoms. The normalized spacial score (nSPS) is 10.4. The third-order valence-corrected chi connectivity index (χ3v) is 4.25. The fraction of sp³-hybridized carbons (Fsp3) is 0.263. The van der Waals surface area contributed by atoms with E-state index in [1.807, 2.05) is 6.92 Å². The first-order chi connectivity index (χ1) is 11.9. The predicted molar refractivity (Wildman–Crippen MR) is 97.2 cm³/mol. The van der Waals surface area contributed by atoms with E-state index < -0.39 is 0 Å². The molecule has 0 heterocycles. The highest BCUT2D eigenvalue weighted by atomic mass is 35.5. The lowest BCUT2D eigenvalue weighted by Crippen LogP contribution is -2.38. The Hall–Kier alpha value is -2.40. The summed E-state index contributed by atoms with van der Waals surface area (Å²) in [6.07, 6.45) is 0.343. The highest BCUT2D eigenvalue weighted by Crippen LogP contribution is 2.19. The van der Waals surface area contributed by atoms with Crippen molar-refractivity contribution < 1.29 is 14.0 Å². The maximum Gasteiger partial charge on any atom is 0.243 e. The van der Waals surface area contributed by atoms with Gasteiger partial charge in [-0.2, -0.15) is 0 Å². The Bertz CT molecular complexity index is 780. The van der Waals surface area contributed by atoms with Gasteiger partial charge in [0.2, 0.25) is 11.8 Å². The van der Waals surface area contributed by atoms with Crippen LogP contribution in [0.4, 0.5) is 10.1 Å². The highest BCUT2D eigenvalue weighted by Gasteiger charge is 2.15. The maximum absolute atomic E-state index is 13.7. The van der Waals surface area contributed by atoms with Gasteiger partial charge in [0, 0.05) is 24.2 Å². The van der Waals surface area contributed by atoms with Gasteiger partial charge in [-0.15, -0.1) is 0 Å². The molecule has 2 aromatic rings. The molecule has 0 radical (unpaired) electrons. The van der Waals surface area contributed by atoms with Crippen molar-refractivity contribution in [1.29, 1.82) is 0 Å². The van der Waals surface area contributed by atoms with Crippen molar-refractivity contribution in [3.63, 3.8) is 0 Å². The topological polar surface area (TPSA) is 49.4 Å². The largest absolute Gasteiger partial charge is 0.333 e. The number of rotatable bonds is 6. The minimum Gasteiger partial charge on any atom is -0.333 e. The number of nitrogens with zero attached hydrogens (tertiary/aromatic N) is 1. The summed E-state index contributed by atoms with van der Waals surface area (Å²) < 4.78 is 13.7. The average molecular weight is 363 g/mol. The Morgan fingerprint density at radius 2 is 1.92 bits per heavy atom. The summed E-state index contributed by atoms with van der Waals surface area (Å²) in [5.74, 6) is -0.887. The molecular formula is C19H20ClFN2O2. The number of nitrogens with one attached hydrogen (secondary N) is 1. The molecule has 0 aliphatic heterocycles. The van der Waals surface area contributed by atoms with E-state index in [9.17, 15) is 14.0 Å². The number of hydrogen-bond acceptors (Lipinski definition) is 2.